The van der Waals surface area contributed by atoms with Crippen molar-refractivity contribution in [3.8, 4) is 11.5 Å². The van der Waals surface area contributed by atoms with Crippen LogP contribution < -0.4 is 4.74 Å². The molecule has 4 rings (SSSR count). The third kappa shape index (κ3) is 8.60. The highest BCUT2D eigenvalue weighted by Gasteiger charge is 2.23. The van der Waals surface area contributed by atoms with Gasteiger partial charge in [0.1, 0.15) is 23.7 Å². The number of aromatic carboxylic acids is 1. The molecule has 4 aromatic carbocycles. The fraction of sp³-hybridized carbons (Fsp3) is 0.235. The standard InChI is InChI=1S/C34H35NO6/c1-34(2,3)41-33(39)35(20-19-24-13-17-29(36)18-14-24)22-26(21-25-11-15-28(16-12-25)32(37)38)23-40-31-10-6-8-27-7-4-5-9-30(27)31/h4-18,21,36H,19-20,22-23H2,1-3H3,(H,37,38). The topological polar surface area (TPSA) is 96.3 Å². The summed E-state index contributed by atoms with van der Waals surface area (Å²) in [7, 11) is 0. The first kappa shape index (κ1) is 29.2. The second-order valence-electron chi connectivity index (χ2n) is 10.8. The molecule has 0 saturated heterocycles. The van der Waals surface area contributed by atoms with E-state index in [2.05, 4.69) is 0 Å². The van der Waals surface area contributed by atoms with Crippen molar-refractivity contribution in [2.45, 2.75) is 32.8 Å². The van der Waals surface area contributed by atoms with Gasteiger partial charge < -0.3 is 24.6 Å². The average molecular weight is 554 g/mol. The first-order valence-corrected chi connectivity index (χ1v) is 13.5. The molecule has 0 bridgehead atoms. The number of phenolic OH excluding ortho intramolecular Hbond substituents is 1. The molecule has 1 amide bonds. The summed E-state index contributed by atoms with van der Waals surface area (Å²) in [4.78, 5) is 26.3. The van der Waals surface area contributed by atoms with Crippen molar-refractivity contribution in [3.63, 3.8) is 0 Å². The van der Waals surface area contributed by atoms with Crippen LogP contribution >= 0.6 is 0 Å². The molecule has 0 radical (unpaired) electrons. The Morgan fingerprint density at radius 2 is 1.56 bits per heavy atom. The molecule has 0 saturated carbocycles. The molecule has 41 heavy (non-hydrogen) atoms. The Labute approximate surface area is 240 Å². The second-order valence-corrected chi connectivity index (χ2v) is 10.8. The summed E-state index contributed by atoms with van der Waals surface area (Å²) in [6, 6.07) is 27.3. The molecule has 0 spiro atoms. The van der Waals surface area contributed by atoms with Gasteiger partial charge in [0.05, 0.1) is 5.56 Å². The fourth-order valence-corrected chi connectivity index (χ4v) is 4.32. The molecule has 0 aliphatic heterocycles. The highest BCUT2D eigenvalue weighted by atomic mass is 16.6. The van der Waals surface area contributed by atoms with Crippen molar-refractivity contribution >= 4 is 28.9 Å². The predicted molar refractivity (Wildman–Crippen MR) is 160 cm³/mol. The van der Waals surface area contributed by atoms with Gasteiger partial charge in [-0.25, -0.2) is 9.59 Å². The van der Waals surface area contributed by atoms with Crippen LogP contribution in [0.4, 0.5) is 4.79 Å². The monoisotopic (exact) mass is 553 g/mol. The summed E-state index contributed by atoms with van der Waals surface area (Å²) in [5, 5.41) is 21.0. The minimum atomic E-state index is -0.995. The van der Waals surface area contributed by atoms with E-state index < -0.39 is 17.7 Å². The fourth-order valence-electron chi connectivity index (χ4n) is 4.32. The summed E-state index contributed by atoms with van der Waals surface area (Å²) in [5.74, 6) is -0.0871. The SMILES string of the molecule is CC(C)(C)OC(=O)N(CCc1ccc(O)cc1)CC(=Cc1ccc(C(=O)O)cc1)COc1cccc2ccccc12. The number of carboxylic acid groups (broad SMARTS) is 1. The van der Waals surface area contributed by atoms with Crippen molar-refractivity contribution in [1.29, 1.82) is 0 Å². The second kappa shape index (κ2) is 13.0. The van der Waals surface area contributed by atoms with E-state index >= 15 is 0 Å². The number of amides is 1. The number of rotatable bonds is 10. The Bertz CT molecular complexity index is 1510. The van der Waals surface area contributed by atoms with Crippen LogP contribution in [0.1, 0.15) is 42.3 Å². The van der Waals surface area contributed by atoms with Crippen LogP contribution in [0.25, 0.3) is 16.8 Å². The zero-order chi connectivity index (χ0) is 29.4. The summed E-state index contributed by atoms with van der Waals surface area (Å²) in [6.45, 7) is 6.29. The van der Waals surface area contributed by atoms with Gasteiger partial charge in [0.25, 0.3) is 0 Å². The van der Waals surface area contributed by atoms with Gasteiger partial charge in [-0.1, -0.05) is 66.7 Å². The van der Waals surface area contributed by atoms with Crippen LogP contribution in [-0.2, 0) is 11.2 Å². The van der Waals surface area contributed by atoms with E-state index in [1.807, 2.05) is 81.4 Å². The molecule has 0 atom stereocenters. The zero-order valence-electron chi connectivity index (χ0n) is 23.5. The molecule has 0 aliphatic carbocycles. The number of hydrogen-bond donors (Lipinski definition) is 2. The van der Waals surface area contributed by atoms with E-state index in [1.54, 1.807) is 41.3 Å². The lowest BCUT2D eigenvalue weighted by Crippen LogP contribution is -2.39. The molecule has 7 nitrogen and oxygen atoms in total. The van der Waals surface area contributed by atoms with Gasteiger partial charge in [0.15, 0.2) is 0 Å². The summed E-state index contributed by atoms with van der Waals surface area (Å²) >= 11 is 0. The molecule has 0 unspecified atom stereocenters. The molecule has 0 heterocycles. The van der Waals surface area contributed by atoms with Crippen LogP contribution in [0.2, 0.25) is 0 Å². The smallest absolute Gasteiger partial charge is 0.410 e. The molecule has 7 heteroatoms. The highest BCUT2D eigenvalue weighted by molar-refractivity contribution is 5.88. The number of carbonyl (C=O) groups is 2. The normalized spacial score (nSPS) is 11.7. The van der Waals surface area contributed by atoms with E-state index in [0.717, 1.165) is 33.2 Å². The van der Waals surface area contributed by atoms with Gasteiger partial charge in [0, 0.05) is 18.5 Å². The Morgan fingerprint density at radius 3 is 2.24 bits per heavy atom. The summed E-state index contributed by atoms with van der Waals surface area (Å²) < 4.78 is 12.0. The molecule has 0 aliphatic rings. The molecule has 2 N–H and O–H groups in total. The van der Waals surface area contributed by atoms with Gasteiger partial charge in [-0.05, 0) is 79.6 Å². The van der Waals surface area contributed by atoms with Crippen LogP contribution in [-0.4, -0.2) is 52.5 Å². The van der Waals surface area contributed by atoms with Crippen LogP contribution in [0.5, 0.6) is 11.5 Å². The van der Waals surface area contributed by atoms with E-state index in [1.165, 1.54) is 0 Å². The van der Waals surface area contributed by atoms with Gasteiger partial charge in [-0.3, -0.25) is 0 Å². The Hall–Kier alpha value is -4.78. The molecule has 212 valence electrons. The molecule has 0 aromatic heterocycles. The first-order chi connectivity index (χ1) is 19.6. The number of hydrogen-bond acceptors (Lipinski definition) is 5. The summed E-state index contributed by atoms with van der Waals surface area (Å²) in [6.07, 6.45) is 2.02. The number of benzene rings is 4. The lowest BCUT2D eigenvalue weighted by Gasteiger charge is -2.28. The third-order valence-corrected chi connectivity index (χ3v) is 6.34. The maximum absolute atomic E-state index is 13.3. The van der Waals surface area contributed by atoms with Crippen LogP contribution in [0.15, 0.2) is 96.6 Å². The molecule has 0 fully saturated rings. The minimum absolute atomic E-state index is 0.183. The van der Waals surface area contributed by atoms with Crippen molar-refractivity contribution in [1.82, 2.24) is 4.90 Å². The lowest BCUT2D eigenvalue weighted by molar-refractivity contribution is 0.0266. The number of carbonyl (C=O) groups excluding carboxylic acids is 1. The number of ether oxygens (including phenoxy) is 2. The molecular weight excluding hydrogens is 518 g/mol. The maximum atomic E-state index is 13.3. The van der Waals surface area contributed by atoms with E-state index in [9.17, 15) is 19.8 Å². The quantitative estimate of drug-likeness (QED) is 0.216. The Balaban J connectivity index is 1.62. The number of fused-ring (bicyclic) bond motifs is 1. The third-order valence-electron chi connectivity index (χ3n) is 6.34. The van der Waals surface area contributed by atoms with E-state index in [4.69, 9.17) is 9.47 Å². The van der Waals surface area contributed by atoms with Crippen molar-refractivity contribution < 1.29 is 29.3 Å². The lowest BCUT2D eigenvalue weighted by atomic mass is 10.1. The van der Waals surface area contributed by atoms with Crippen molar-refractivity contribution in [3.05, 3.63) is 113 Å². The van der Waals surface area contributed by atoms with E-state index in [-0.39, 0.29) is 24.5 Å². The number of aromatic hydroxyl groups is 1. The Kier molecular flexibility index (Phi) is 9.30. The number of nitrogens with zero attached hydrogens (tertiary/aromatic N) is 1. The first-order valence-electron chi connectivity index (χ1n) is 13.5. The predicted octanol–water partition coefficient (Wildman–Crippen LogP) is 7.19. The molecule has 4 aromatic rings. The van der Waals surface area contributed by atoms with Crippen LogP contribution in [0, 0.1) is 0 Å². The molecular formula is C34H35NO6. The number of carboxylic acids is 1. The average Bonchev–Trinajstić information content (AvgIpc) is 2.94. The van der Waals surface area contributed by atoms with Crippen LogP contribution in [0.3, 0.4) is 0 Å². The maximum Gasteiger partial charge on any atom is 0.410 e. The van der Waals surface area contributed by atoms with Gasteiger partial charge in [-0.15, -0.1) is 0 Å². The van der Waals surface area contributed by atoms with Crippen molar-refractivity contribution in [2.24, 2.45) is 0 Å². The summed E-state index contributed by atoms with van der Waals surface area (Å²) in [5.41, 5.74) is 2.08. The van der Waals surface area contributed by atoms with Gasteiger partial charge in [-0.2, -0.15) is 0 Å². The van der Waals surface area contributed by atoms with E-state index in [0.29, 0.717) is 13.0 Å². The Morgan fingerprint density at radius 1 is 0.878 bits per heavy atom. The van der Waals surface area contributed by atoms with Gasteiger partial charge in [0.2, 0.25) is 0 Å². The zero-order valence-corrected chi connectivity index (χ0v) is 23.5. The van der Waals surface area contributed by atoms with Gasteiger partial charge >= 0.3 is 12.1 Å². The number of phenols is 1. The van der Waals surface area contributed by atoms with Crippen molar-refractivity contribution in [2.75, 3.05) is 19.7 Å². The highest BCUT2D eigenvalue weighted by Crippen LogP contribution is 2.26. The largest absolute Gasteiger partial charge is 0.508 e. The minimum Gasteiger partial charge on any atom is -0.508 e.